The van der Waals surface area contributed by atoms with Gasteiger partial charge in [-0.05, 0) is 48.1 Å². The van der Waals surface area contributed by atoms with E-state index in [2.05, 4.69) is 30.3 Å². The van der Waals surface area contributed by atoms with Crippen molar-refractivity contribution in [2.45, 2.75) is 30.6 Å². The summed E-state index contributed by atoms with van der Waals surface area (Å²) >= 11 is 1.12. The Hall–Kier alpha value is -3.11. The fraction of sp³-hybridized carbons (Fsp3) is 0.185. The van der Waals surface area contributed by atoms with E-state index in [4.69, 9.17) is 4.74 Å². The van der Waals surface area contributed by atoms with Gasteiger partial charge in [0, 0.05) is 11.3 Å². The van der Waals surface area contributed by atoms with Gasteiger partial charge in [-0.3, -0.25) is 4.79 Å². The maximum atomic E-state index is 12.4. The van der Waals surface area contributed by atoms with Gasteiger partial charge in [0.2, 0.25) is 0 Å². The average molecular weight is 431 g/mol. The van der Waals surface area contributed by atoms with Crippen LogP contribution in [0.2, 0.25) is 0 Å². The lowest BCUT2D eigenvalue weighted by Crippen LogP contribution is -2.04. The molecule has 0 fully saturated rings. The van der Waals surface area contributed by atoms with Crippen LogP contribution >= 0.6 is 11.8 Å². The van der Waals surface area contributed by atoms with Crippen molar-refractivity contribution in [3.63, 3.8) is 0 Å². The lowest BCUT2D eigenvalue weighted by Gasteiger charge is -2.09. The van der Waals surface area contributed by atoms with Crippen molar-refractivity contribution >= 4 is 28.4 Å². The minimum absolute atomic E-state index is 0.0617. The molecule has 0 heterocycles. The van der Waals surface area contributed by atoms with E-state index in [1.807, 2.05) is 42.5 Å². The zero-order valence-electron chi connectivity index (χ0n) is 17.6. The summed E-state index contributed by atoms with van der Waals surface area (Å²) in [6.07, 6.45) is 5.36. The molecule has 0 bridgehead atoms. The number of rotatable bonds is 9. The molecule has 0 atom stereocenters. The van der Waals surface area contributed by atoms with Gasteiger partial charge in [-0.25, -0.2) is 4.79 Å². The first-order chi connectivity index (χ1) is 15.2. The Labute approximate surface area is 188 Å². The Morgan fingerprint density at radius 3 is 2.00 bits per heavy atom. The van der Waals surface area contributed by atoms with E-state index in [0.29, 0.717) is 16.9 Å². The van der Waals surface area contributed by atoms with Gasteiger partial charge in [-0.15, -0.1) is 0 Å². The SMILES string of the molecule is COC(=O)c1ccccc1SC(=O)CCCCC=C(c1ccccc1)c1ccccc1. The molecule has 0 saturated heterocycles. The number of thioether (sulfide) groups is 1. The monoisotopic (exact) mass is 430 g/mol. The van der Waals surface area contributed by atoms with Crippen molar-refractivity contribution in [3.05, 3.63) is 108 Å². The molecule has 0 amide bonds. The molecule has 3 aromatic carbocycles. The van der Waals surface area contributed by atoms with Gasteiger partial charge in [0.05, 0.1) is 12.7 Å². The largest absolute Gasteiger partial charge is 0.465 e. The minimum atomic E-state index is -0.421. The van der Waals surface area contributed by atoms with Crippen LogP contribution in [0.3, 0.4) is 0 Å². The molecule has 0 N–H and O–H groups in total. The maximum absolute atomic E-state index is 12.4. The summed E-state index contributed by atoms with van der Waals surface area (Å²) in [5.41, 5.74) is 4.04. The summed E-state index contributed by atoms with van der Waals surface area (Å²) in [7, 11) is 1.35. The van der Waals surface area contributed by atoms with E-state index in [1.165, 1.54) is 23.8 Å². The Bertz CT molecular complexity index is 985. The number of unbranched alkanes of at least 4 members (excludes halogenated alkanes) is 2. The molecule has 0 aliphatic heterocycles. The fourth-order valence-electron chi connectivity index (χ4n) is 3.31. The van der Waals surface area contributed by atoms with Crippen molar-refractivity contribution in [2.75, 3.05) is 7.11 Å². The first kappa shape index (κ1) is 22.6. The lowest BCUT2D eigenvalue weighted by molar-refractivity contribution is -0.111. The summed E-state index contributed by atoms with van der Waals surface area (Å²) in [6, 6.07) is 27.8. The third-order valence-corrected chi connectivity index (χ3v) is 5.88. The average Bonchev–Trinajstić information content (AvgIpc) is 2.82. The van der Waals surface area contributed by atoms with Crippen molar-refractivity contribution in [1.82, 2.24) is 0 Å². The third-order valence-electron chi connectivity index (χ3n) is 4.87. The lowest BCUT2D eigenvalue weighted by atomic mass is 9.96. The number of benzene rings is 3. The standard InChI is InChI=1S/C27H26O3S/c1-30-27(29)24-18-11-12-19-25(24)31-26(28)20-10-4-9-17-23(21-13-5-2-6-14-21)22-15-7-3-8-16-22/h2-3,5-8,11-19H,4,9-10,20H2,1H3. The zero-order valence-corrected chi connectivity index (χ0v) is 18.4. The Balaban J connectivity index is 1.55. The number of allylic oxidation sites excluding steroid dienone is 1. The first-order valence-corrected chi connectivity index (χ1v) is 11.2. The van der Waals surface area contributed by atoms with Crippen molar-refractivity contribution in [2.24, 2.45) is 0 Å². The predicted octanol–water partition coefficient (Wildman–Crippen LogP) is 6.78. The van der Waals surface area contributed by atoms with Gasteiger partial charge in [0.25, 0.3) is 0 Å². The number of methoxy groups -OCH3 is 1. The highest BCUT2D eigenvalue weighted by Gasteiger charge is 2.14. The van der Waals surface area contributed by atoms with Crippen molar-refractivity contribution in [1.29, 1.82) is 0 Å². The molecule has 0 aromatic heterocycles. The van der Waals surface area contributed by atoms with Crippen LogP contribution in [-0.2, 0) is 9.53 Å². The molecule has 158 valence electrons. The van der Waals surface area contributed by atoms with Crippen LogP contribution in [-0.4, -0.2) is 18.2 Å². The van der Waals surface area contributed by atoms with Crippen molar-refractivity contribution in [3.8, 4) is 0 Å². The number of hydrogen-bond donors (Lipinski definition) is 0. The molecule has 31 heavy (non-hydrogen) atoms. The second-order valence-electron chi connectivity index (χ2n) is 7.06. The normalized spacial score (nSPS) is 10.4. The molecular weight excluding hydrogens is 404 g/mol. The molecule has 0 saturated carbocycles. The van der Waals surface area contributed by atoms with E-state index >= 15 is 0 Å². The first-order valence-electron chi connectivity index (χ1n) is 10.4. The molecule has 0 unspecified atom stereocenters. The highest BCUT2D eigenvalue weighted by Crippen LogP contribution is 2.27. The van der Waals surface area contributed by atoms with Crippen LogP contribution < -0.4 is 0 Å². The van der Waals surface area contributed by atoms with E-state index in [-0.39, 0.29) is 5.12 Å². The fourth-order valence-corrected chi connectivity index (χ4v) is 4.21. The summed E-state index contributed by atoms with van der Waals surface area (Å²) in [6.45, 7) is 0. The molecular formula is C27H26O3S. The van der Waals surface area contributed by atoms with Gasteiger partial charge in [-0.2, -0.15) is 0 Å². The van der Waals surface area contributed by atoms with Crippen molar-refractivity contribution < 1.29 is 14.3 Å². The topological polar surface area (TPSA) is 43.4 Å². The molecule has 0 radical (unpaired) electrons. The molecule has 0 aliphatic carbocycles. The van der Waals surface area contributed by atoms with Crippen LogP contribution in [0.15, 0.2) is 95.9 Å². The quantitative estimate of drug-likeness (QED) is 0.213. The van der Waals surface area contributed by atoms with E-state index in [9.17, 15) is 9.59 Å². The number of carbonyl (C=O) groups excluding carboxylic acids is 2. The van der Waals surface area contributed by atoms with Gasteiger partial charge in [-0.1, -0.05) is 90.6 Å². The van der Waals surface area contributed by atoms with E-state index in [0.717, 1.165) is 31.0 Å². The summed E-state index contributed by atoms with van der Waals surface area (Å²) in [5.74, 6) is -0.421. The predicted molar refractivity (Wildman–Crippen MR) is 127 cm³/mol. The van der Waals surface area contributed by atoms with Crippen LogP contribution in [0.4, 0.5) is 0 Å². The summed E-state index contributed by atoms with van der Waals surface area (Å²) in [4.78, 5) is 24.9. The summed E-state index contributed by atoms with van der Waals surface area (Å²) < 4.78 is 4.80. The molecule has 0 spiro atoms. The highest BCUT2D eigenvalue weighted by molar-refractivity contribution is 8.13. The van der Waals surface area contributed by atoms with Gasteiger partial charge in [0.15, 0.2) is 5.12 Å². The van der Waals surface area contributed by atoms with Crippen LogP contribution in [0.25, 0.3) is 5.57 Å². The second-order valence-corrected chi connectivity index (χ2v) is 8.16. The smallest absolute Gasteiger partial charge is 0.339 e. The van der Waals surface area contributed by atoms with Crippen LogP contribution in [0.1, 0.15) is 47.2 Å². The number of carbonyl (C=O) groups is 2. The van der Waals surface area contributed by atoms with E-state index in [1.54, 1.807) is 18.2 Å². The molecule has 3 aromatic rings. The summed E-state index contributed by atoms with van der Waals surface area (Å²) in [5, 5.41) is 0.0617. The van der Waals surface area contributed by atoms with E-state index < -0.39 is 5.97 Å². The molecule has 0 aliphatic rings. The third kappa shape index (κ3) is 6.69. The van der Waals surface area contributed by atoms with Gasteiger partial charge in [0.1, 0.15) is 0 Å². The minimum Gasteiger partial charge on any atom is -0.465 e. The maximum Gasteiger partial charge on any atom is 0.339 e. The highest BCUT2D eigenvalue weighted by atomic mass is 32.2. The molecule has 3 rings (SSSR count). The van der Waals surface area contributed by atoms with Crippen LogP contribution in [0, 0.1) is 0 Å². The zero-order chi connectivity index (χ0) is 21.9. The number of hydrogen-bond acceptors (Lipinski definition) is 4. The van der Waals surface area contributed by atoms with Crippen LogP contribution in [0.5, 0.6) is 0 Å². The number of ether oxygens (including phenoxy) is 1. The Kier molecular flexibility index (Phi) is 8.68. The van der Waals surface area contributed by atoms with Gasteiger partial charge >= 0.3 is 5.97 Å². The molecule has 3 nitrogen and oxygen atoms in total. The number of esters is 1. The molecule has 4 heteroatoms. The Morgan fingerprint density at radius 1 is 0.806 bits per heavy atom. The van der Waals surface area contributed by atoms with Gasteiger partial charge < -0.3 is 4.74 Å². The second kappa shape index (κ2) is 11.9. The Morgan fingerprint density at radius 2 is 1.39 bits per heavy atom.